The van der Waals surface area contributed by atoms with Gasteiger partial charge in [-0.1, -0.05) is 0 Å². The van der Waals surface area contributed by atoms with Crippen molar-refractivity contribution >= 4 is 11.3 Å². The average Bonchev–Trinajstić information content (AvgIpc) is 2.86. The van der Waals surface area contributed by atoms with Gasteiger partial charge in [0.25, 0.3) is 0 Å². The number of aromatic nitrogens is 1. The van der Waals surface area contributed by atoms with Crippen LogP contribution in [-0.4, -0.2) is 18.1 Å². The largest absolute Gasteiger partial charge is 0.378 e. The lowest BCUT2D eigenvalue weighted by Crippen LogP contribution is -2.15. The van der Waals surface area contributed by atoms with E-state index in [9.17, 15) is 0 Å². The van der Waals surface area contributed by atoms with Crippen LogP contribution in [0, 0.1) is 0 Å². The Hall–Kier alpha value is -0.450. The van der Waals surface area contributed by atoms with Crippen LogP contribution >= 0.6 is 11.3 Å². The van der Waals surface area contributed by atoms with Gasteiger partial charge < -0.3 is 10.1 Å². The van der Waals surface area contributed by atoms with Gasteiger partial charge in [-0.2, -0.15) is 0 Å². The van der Waals surface area contributed by atoms with Crippen LogP contribution in [0.15, 0.2) is 5.51 Å². The molecule has 13 heavy (non-hydrogen) atoms. The molecule has 4 heteroatoms. The van der Waals surface area contributed by atoms with Crippen molar-refractivity contribution in [2.75, 3.05) is 7.11 Å². The summed E-state index contributed by atoms with van der Waals surface area (Å²) in [7, 11) is 1.71. The van der Waals surface area contributed by atoms with Crippen molar-refractivity contribution in [3.05, 3.63) is 16.1 Å². The smallest absolute Gasteiger partial charge is 0.0895 e. The molecule has 0 spiro atoms. The van der Waals surface area contributed by atoms with E-state index < -0.39 is 0 Å². The summed E-state index contributed by atoms with van der Waals surface area (Å²) in [4.78, 5) is 5.57. The molecule has 1 saturated carbocycles. The molecule has 0 amide bonds. The molecular weight excluding hydrogens is 184 g/mol. The number of nitrogens with one attached hydrogen (secondary N) is 1. The van der Waals surface area contributed by atoms with Crippen molar-refractivity contribution in [3.8, 4) is 0 Å². The summed E-state index contributed by atoms with van der Waals surface area (Å²) in [5.74, 6) is 0. The van der Waals surface area contributed by atoms with Crippen LogP contribution < -0.4 is 5.32 Å². The summed E-state index contributed by atoms with van der Waals surface area (Å²) < 4.78 is 5.07. The van der Waals surface area contributed by atoms with Crippen molar-refractivity contribution in [2.45, 2.75) is 32.0 Å². The van der Waals surface area contributed by atoms with Gasteiger partial charge in [0, 0.05) is 24.6 Å². The Morgan fingerprint density at radius 3 is 3.23 bits per heavy atom. The van der Waals surface area contributed by atoms with Crippen LogP contribution in [0.3, 0.4) is 0 Å². The van der Waals surface area contributed by atoms with Crippen LogP contribution in [0.25, 0.3) is 0 Å². The summed E-state index contributed by atoms with van der Waals surface area (Å²) in [6.07, 6.45) is 2.66. The van der Waals surface area contributed by atoms with E-state index in [2.05, 4.69) is 10.3 Å². The Kier molecular flexibility index (Phi) is 2.93. The molecule has 1 aromatic rings. The summed E-state index contributed by atoms with van der Waals surface area (Å²) in [5.41, 5.74) is 2.97. The number of thiazole rings is 1. The van der Waals surface area contributed by atoms with Gasteiger partial charge in [0.15, 0.2) is 0 Å². The zero-order chi connectivity index (χ0) is 9.10. The minimum Gasteiger partial charge on any atom is -0.378 e. The van der Waals surface area contributed by atoms with E-state index >= 15 is 0 Å². The topological polar surface area (TPSA) is 34.1 Å². The molecule has 0 unspecified atom stereocenters. The summed E-state index contributed by atoms with van der Waals surface area (Å²) >= 11 is 1.71. The van der Waals surface area contributed by atoms with E-state index in [1.807, 2.05) is 5.51 Å². The number of hydrogen-bond acceptors (Lipinski definition) is 4. The molecule has 1 aromatic heterocycles. The van der Waals surface area contributed by atoms with E-state index in [0.29, 0.717) is 6.61 Å². The Labute approximate surface area is 82.1 Å². The van der Waals surface area contributed by atoms with Gasteiger partial charge in [-0.05, 0) is 12.8 Å². The summed E-state index contributed by atoms with van der Waals surface area (Å²) in [6.45, 7) is 1.58. The van der Waals surface area contributed by atoms with Crippen molar-refractivity contribution < 1.29 is 4.74 Å². The zero-order valence-corrected chi connectivity index (χ0v) is 8.56. The van der Waals surface area contributed by atoms with Crippen molar-refractivity contribution in [1.82, 2.24) is 10.3 Å². The molecule has 1 fully saturated rings. The fourth-order valence-electron chi connectivity index (χ4n) is 1.22. The van der Waals surface area contributed by atoms with Crippen LogP contribution in [0.1, 0.15) is 23.4 Å². The van der Waals surface area contributed by atoms with E-state index in [1.54, 1.807) is 18.4 Å². The van der Waals surface area contributed by atoms with E-state index in [4.69, 9.17) is 4.74 Å². The van der Waals surface area contributed by atoms with Gasteiger partial charge >= 0.3 is 0 Å². The second-order valence-corrected chi connectivity index (χ2v) is 4.25. The highest BCUT2D eigenvalue weighted by Crippen LogP contribution is 2.21. The first-order valence-electron chi connectivity index (χ1n) is 4.53. The maximum absolute atomic E-state index is 5.07. The Morgan fingerprint density at radius 2 is 2.54 bits per heavy atom. The quantitative estimate of drug-likeness (QED) is 0.779. The first kappa shape index (κ1) is 9.12. The highest BCUT2D eigenvalue weighted by molar-refractivity contribution is 7.09. The molecule has 1 aliphatic carbocycles. The van der Waals surface area contributed by atoms with Gasteiger partial charge in [0.2, 0.25) is 0 Å². The standard InChI is InChI=1S/C9H14N2OS/c1-12-5-8-9(13-6-11-8)4-10-7-2-3-7/h6-7,10H,2-5H2,1H3. The average molecular weight is 198 g/mol. The lowest BCUT2D eigenvalue weighted by molar-refractivity contribution is 0.181. The highest BCUT2D eigenvalue weighted by Gasteiger charge is 2.20. The predicted octanol–water partition coefficient (Wildman–Crippen LogP) is 1.54. The van der Waals surface area contributed by atoms with Gasteiger partial charge in [-0.3, -0.25) is 0 Å². The SMILES string of the molecule is COCc1ncsc1CNC1CC1. The molecule has 72 valence electrons. The molecule has 2 rings (SSSR count). The molecule has 0 bridgehead atoms. The Bertz CT molecular complexity index is 270. The molecule has 0 aromatic carbocycles. The molecule has 0 saturated heterocycles. The molecule has 3 nitrogen and oxygen atoms in total. The highest BCUT2D eigenvalue weighted by atomic mass is 32.1. The second-order valence-electron chi connectivity index (χ2n) is 3.31. The van der Waals surface area contributed by atoms with E-state index in [0.717, 1.165) is 18.3 Å². The Morgan fingerprint density at radius 1 is 1.69 bits per heavy atom. The maximum atomic E-state index is 5.07. The van der Waals surface area contributed by atoms with Crippen LogP contribution in [0.2, 0.25) is 0 Å². The van der Waals surface area contributed by atoms with Crippen LogP contribution in [0.4, 0.5) is 0 Å². The summed E-state index contributed by atoms with van der Waals surface area (Å²) in [5, 5.41) is 3.47. The third-order valence-corrected chi connectivity index (χ3v) is 3.01. The third kappa shape index (κ3) is 2.49. The number of ether oxygens (including phenoxy) is 1. The minimum absolute atomic E-state index is 0.630. The Balaban J connectivity index is 1.88. The zero-order valence-electron chi connectivity index (χ0n) is 7.75. The number of hydrogen-bond donors (Lipinski definition) is 1. The first-order chi connectivity index (χ1) is 6.40. The van der Waals surface area contributed by atoms with Crippen molar-refractivity contribution in [3.63, 3.8) is 0 Å². The lowest BCUT2D eigenvalue weighted by Gasteiger charge is -2.02. The fraction of sp³-hybridized carbons (Fsp3) is 0.667. The van der Waals surface area contributed by atoms with E-state index in [-0.39, 0.29) is 0 Å². The number of nitrogens with zero attached hydrogens (tertiary/aromatic N) is 1. The second kappa shape index (κ2) is 4.17. The molecule has 1 heterocycles. The van der Waals surface area contributed by atoms with Gasteiger partial charge in [0.1, 0.15) is 0 Å². The molecular formula is C9H14N2OS. The molecule has 1 N–H and O–H groups in total. The molecule has 0 aliphatic heterocycles. The predicted molar refractivity (Wildman–Crippen MR) is 52.7 cm³/mol. The number of rotatable bonds is 5. The van der Waals surface area contributed by atoms with Crippen LogP contribution in [-0.2, 0) is 17.9 Å². The van der Waals surface area contributed by atoms with Gasteiger partial charge in [-0.25, -0.2) is 4.98 Å². The van der Waals surface area contributed by atoms with Crippen molar-refractivity contribution in [1.29, 1.82) is 0 Å². The third-order valence-electron chi connectivity index (χ3n) is 2.14. The normalized spacial score (nSPS) is 16.4. The number of methoxy groups -OCH3 is 1. The monoisotopic (exact) mass is 198 g/mol. The lowest BCUT2D eigenvalue weighted by atomic mass is 10.3. The summed E-state index contributed by atoms with van der Waals surface area (Å²) in [6, 6.07) is 0.762. The molecule has 0 atom stereocenters. The maximum Gasteiger partial charge on any atom is 0.0895 e. The molecule has 1 aliphatic rings. The first-order valence-corrected chi connectivity index (χ1v) is 5.41. The molecule has 0 radical (unpaired) electrons. The van der Waals surface area contributed by atoms with Crippen LogP contribution in [0.5, 0.6) is 0 Å². The van der Waals surface area contributed by atoms with E-state index in [1.165, 1.54) is 17.7 Å². The van der Waals surface area contributed by atoms with Gasteiger partial charge in [0.05, 0.1) is 17.8 Å². The van der Waals surface area contributed by atoms with Crippen molar-refractivity contribution in [2.24, 2.45) is 0 Å². The fourth-order valence-corrected chi connectivity index (χ4v) is 1.94. The minimum atomic E-state index is 0.630. The van der Waals surface area contributed by atoms with Gasteiger partial charge in [-0.15, -0.1) is 11.3 Å².